The van der Waals surface area contributed by atoms with E-state index in [1.54, 1.807) is 0 Å². The van der Waals surface area contributed by atoms with Crippen LogP contribution in [-0.2, 0) is 4.79 Å². The Morgan fingerprint density at radius 2 is 1.67 bits per heavy atom. The summed E-state index contributed by atoms with van der Waals surface area (Å²) in [6, 6.07) is 10.5. The molecule has 0 spiro atoms. The van der Waals surface area contributed by atoms with Gasteiger partial charge in [0.05, 0.1) is 6.04 Å². The molecule has 138 valence electrons. The van der Waals surface area contributed by atoms with Crippen molar-refractivity contribution in [1.82, 2.24) is 4.90 Å². The number of halogens is 2. The second-order valence-corrected chi connectivity index (χ2v) is 7.35. The Balaban J connectivity index is 0.00000264. The molecule has 0 bridgehead atoms. The number of likely N-dealkylation sites (tertiary alicyclic amines) is 1. The van der Waals surface area contributed by atoms with Crippen LogP contribution >= 0.6 is 24.8 Å². The molecular weight excluding hydrogens is 345 g/mol. The van der Waals surface area contributed by atoms with Crippen molar-refractivity contribution >= 4 is 36.4 Å². The second kappa shape index (κ2) is 9.50. The van der Waals surface area contributed by atoms with Crippen LogP contribution in [0.5, 0.6) is 0 Å². The summed E-state index contributed by atoms with van der Waals surface area (Å²) in [4.78, 5) is 16.7. The van der Waals surface area contributed by atoms with Crippen LogP contribution in [0.15, 0.2) is 30.3 Å². The van der Waals surface area contributed by atoms with Crippen LogP contribution in [0, 0.1) is 5.41 Å². The van der Waals surface area contributed by atoms with Gasteiger partial charge in [0, 0.05) is 31.9 Å². The maximum atomic E-state index is 12.5. The fraction of sp³-hybridized carbons (Fsp3) is 0.611. The van der Waals surface area contributed by atoms with E-state index in [-0.39, 0.29) is 36.1 Å². The lowest BCUT2D eigenvalue weighted by atomic mass is 9.86. The smallest absolute Gasteiger partial charge is 0.240 e. The number of anilines is 1. The lowest BCUT2D eigenvalue weighted by molar-refractivity contribution is -0.136. The number of piperidine rings is 1. The normalized spacial score (nSPS) is 16.6. The highest BCUT2D eigenvalue weighted by atomic mass is 35.5. The van der Waals surface area contributed by atoms with Crippen LogP contribution in [0.25, 0.3) is 0 Å². The van der Waals surface area contributed by atoms with Crippen LogP contribution < -0.4 is 10.6 Å². The number of amides is 1. The Morgan fingerprint density at radius 1 is 1.17 bits per heavy atom. The van der Waals surface area contributed by atoms with Gasteiger partial charge in [0.1, 0.15) is 0 Å². The molecule has 6 heteroatoms. The molecule has 0 unspecified atom stereocenters. The molecule has 1 aromatic rings. The minimum Gasteiger partial charge on any atom is -0.371 e. The molecule has 1 fully saturated rings. The number of hydrogen-bond donors (Lipinski definition) is 1. The van der Waals surface area contributed by atoms with Gasteiger partial charge < -0.3 is 15.5 Å². The topological polar surface area (TPSA) is 49.6 Å². The highest BCUT2D eigenvalue weighted by molar-refractivity contribution is 5.85. The first-order valence-electron chi connectivity index (χ1n) is 8.13. The molecule has 0 radical (unpaired) electrons. The number of nitrogens with two attached hydrogens (primary N) is 1. The predicted molar refractivity (Wildman–Crippen MR) is 106 cm³/mol. The van der Waals surface area contributed by atoms with Gasteiger partial charge >= 0.3 is 0 Å². The molecule has 4 nitrogen and oxygen atoms in total. The summed E-state index contributed by atoms with van der Waals surface area (Å²) >= 11 is 0. The van der Waals surface area contributed by atoms with Gasteiger partial charge in [0.2, 0.25) is 5.91 Å². The maximum Gasteiger partial charge on any atom is 0.240 e. The van der Waals surface area contributed by atoms with Gasteiger partial charge in [-0.2, -0.15) is 0 Å². The summed E-state index contributed by atoms with van der Waals surface area (Å²) in [6.45, 7) is 7.65. The average Bonchev–Trinajstić information content (AvgIpc) is 2.53. The van der Waals surface area contributed by atoms with E-state index in [0.29, 0.717) is 6.04 Å². The zero-order valence-corrected chi connectivity index (χ0v) is 16.7. The molecule has 1 heterocycles. The first-order valence-corrected chi connectivity index (χ1v) is 8.13. The van der Waals surface area contributed by atoms with Gasteiger partial charge in [0.15, 0.2) is 0 Å². The van der Waals surface area contributed by atoms with Crippen LogP contribution in [0.3, 0.4) is 0 Å². The molecule has 1 saturated heterocycles. The molecule has 2 N–H and O–H groups in total. The van der Waals surface area contributed by atoms with Gasteiger partial charge in [-0.25, -0.2) is 0 Å². The monoisotopic (exact) mass is 375 g/mol. The Bertz CT molecular complexity index is 497. The van der Waals surface area contributed by atoms with E-state index in [2.05, 4.69) is 36.2 Å². The third-order valence-electron chi connectivity index (χ3n) is 4.69. The SMILES string of the molecule is CN(c1ccccc1)C1CCN(C(=O)[C@@H](N)C(C)(C)C)CC1.Cl.Cl. The standard InChI is InChI=1S/C18H29N3O.2ClH/c1-18(2,3)16(19)17(22)21-12-10-15(11-13-21)20(4)14-8-6-5-7-9-14;;/h5-9,15-16H,10-13,19H2,1-4H3;2*1H/t16-;;/m1../s1. The maximum absolute atomic E-state index is 12.5. The van der Waals surface area contributed by atoms with Crippen molar-refractivity contribution in [3.63, 3.8) is 0 Å². The molecule has 1 atom stereocenters. The molecular formula is C18H31Cl2N3O. The molecule has 2 rings (SSSR count). The fourth-order valence-electron chi connectivity index (χ4n) is 2.91. The summed E-state index contributed by atoms with van der Waals surface area (Å²) in [5.74, 6) is 0.0910. The van der Waals surface area contributed by atoms with Crippen molar-refractivity contribution in [3.05, 3.63) is 30.3 Å². The van der Waals surface area contributed by atoms with Crippen LogP contribution in [0.2, 0.25) is 0 Å². The van der Waals surface area contributed by atoms with Gasteiger partial charge in [-0.05, 0) is 30.4 Å². The molecule has 1 aromatic carbocycles. The quantitative estimate of drug-likeness (QED) is 0.880. The predicted octanol–water partition coefficient (Wildman–Crippen LogP) is 3.33. The lowest BCUT2D eigenvalue weighted by Crippen LogP contribution is -2.54. The van der Waals surface area contributed by atoms with Crippen molar-refractivity contribution in [1.29, 1.82) is 0 Å². The summed E-state index contributed by atoms with van der Waals surface area (Å²) in [5, 5.41) is 0. The zero-order valence-electron chi connectivity index (χ0n) is 15.1. The summed E-state index contributed by atoms with van der Waals surface area (Å²) in [6.07, 6.45) is 1.99. The van der Waals surface area contributed by atoms with Crippen molar-refractivity contribution in [3.8, 4) is 0 Å². The number of hydrogen-bond acceptors (Lipinski definition) is 3. The molecule has 0 aliphatic carbocycles. The number of benzene rings is 1. The third-order valence-corrected chi connectivity index (χ3v) is 4.69. The van der Waals surface area contributed by atoms with Gasteiger partial charge in [-0.15, -0.1) is 24.8 Å². The Hall–Kier alpha value is -0.970. The van der Waals surface area contributed by atoms with Crippen molar-refractivity contribution in [2.24, 2.45) is 11.1 Å². The van der Waals surface area contributed by atoms with Gasteiger partial charge in [-0.3, -0.25) is 4.79 Å². The van der Waals surface area contributed by atoms with Crippen molar-refractivity contribution in [2.45, 2.75) is 45.7 Å². The van der Waals surface area contributed by atoms with E-state index in [4.69, 9.17) is 5.73 Å². The minimum absolute atomic E-state index is 0. The first kappa shape index (κ1) is 23.0. The third kappa shape index (κ3) is 5.54. The molecule has 24 heavy (non-hydrogen) atoms. The van der Waals surface area contributed by atoms with Gasteiger partial charge in [0.25, 0.3) is 0 Å². The van der Waals surface area contributed by atoms with E-state index < -0.39 is 6.04 Å². The van der Waals surface area contributed by atoms with Gasteiger partial charge in [-0.1, -0.05) is 39.0 Å². The van der Waals surface area contributed by atoms with Crippen molar-refractivity contribution in [2.75, 3.05) is 25.0 Å². The van der Waals surface area contributed by atoms with E-state index >= 15 is 0 Å². The largest absolute Gasteiger partial charge is 0.371 e. The van der Waals surface area contributed by atoms with Crippen molar-refractivity contribution < 1.29 is 4.79 Å². The highest BCUT2D eigenvalue weighted by Crippen LogP contribution is 2.24. The Morgan fingerprint density at radius 3 is 2.12 bits per heavy atom. The number of para-hydroxylation sites is 1. The summed E-state index contributed by atoms with van der Waals surface area (Å²) in [7, 11) is 2.14. The number of carbonyl (C=O) groups excluding carboxylic acids is 1. The lowest BCUT2D eigenvalue weighted by Gasteiger charge is -2.40. The van der Waals surface area contributed by atoms with E-state index in [1.165, 1.54) is 5.69 Å². The molecule has 1 amide bonds. The number of rotatable bonds is 3. The Labute approximate surface area is 158 Å². The van der Waals surface area contributed by atoms with Crippen LogP contribution in [0.4, 0.5) is 5.69 Å². The molecule has 1 aliphatic rings. The number of carbonyl (C=O) groups is 1. The summed E-state index contributed by atoms with van der Waals surface area (Å²) < 4.78 is 0. The Kier molecular flexibility index (Phi) is 9.11. The summed E-state index contributed by atoms with van der Waals surface area (Å²) in [5.41, 5.74) is 7.16. The van der Waals surface area contributed by atoms with E-state index in [1.807, 2.05) is 31.7 Å². The minimum atomic E-state index is -0.420. The molecule has 0 aromatic heterocycles. The van der Waals surface area contributed by atoms with Crippen LogP contribution in [0.1, 0.15) is 33.6 Å². The molecule has 1 aliphatic heterocycles. The van der Waals surface area contributed by atoms with Crippen LogP contribution in [-0.4, -0.2) is 43.0 Å². The first-order chi connectivity index (χ1) is 10.3. The average molecular weight is 376 g/mol. The van der Waals surface area contributed by atoms with E-state index in [0.717, 1.165) is 25.9 Å². The highest BCUT2D eigenvalue weighted by Gasteiger charge is 2.33. The zero-order chi connectivity index (χ0) is 16.3. The fourth-order valence-corrected chi connectivity index (χ4v) is 2.91. The second-order valence-electron chi connectivity index (χ2n) is 7.35. The molecule has 0 saturated carbocycles. The number of nitrogens with zero attached hydrogens (tertiary/aromatic N) is 2. The van der Waals surface area contributed by atoms with E-state index in [9.17, 15) is 4.79 Å².